The molecule has 0 saturated carbocycles. The Morgan fingerprint density at radius 1 is 1.06 bits per heavy atom. The lowest BCUT2D eigenvalue weighted by atomic mass is 9.98. The highest BCUT2D eigenvalue weighted by atomic mass is 32.1. The fraction of sp³-hybridized carbons (Fsp3) is 0.286. The molecule has 0 aliphatic rings. The topological polar surface area (TPSA) is 12.0 Å². The van der Waals surface area contributed by atoms with Crippen molar-refractivity contribution in [3.63, 3.8) is 0 Å². The second-order valence-electron chi connectivity index (χ2n) is 4.20. The van der Waals surface area contributed by atoms with Gasteiger partial charge in [-0.05, 0) is 48.8 Å². The number of rotatable bonds is 3. The van der Waals surface area contributed by atoms with E-state index in [1.807, 2.05) is 7.05 Å². The summed E-state index contributed by atoms with van der Waals surface area (Å²) in [6, 6.07) is 9.22. The van der Waals surface area contributed by atoms with Crippen LogP contribution in [0.25, 0.3) is 0 Å². The summed E-state index contributed by atoms with van der Waals surface area (Å²) in [4.78, 5) is 0. The molecule has 2 rings (SSSR count). The van der Waals surface area contributed by atoms with Gasteiger partial charge < -0.3 is 5.32 Å². The number of nitrogens with one attached hydrogen (secondary N) is 1. The van der Waals surface area contributed by atoms with Gasteiger partial charge in [0.15, 0.2) is 0 Å². The van der Waals surface area contributed by atoms with E-state index in [9.17, 15) is 0 Å². The van der Waals surface area contributed by atoms with Gasteiger partial charge >= 0.3 is 0 Å². The number of hydrogen-bond acceptors (Lipinski definition) is 2. The lowest BCUT2D eigenvalue weighted by Gasteiger charge is -2.16. The van der Waals surface area contributed by atoms with E-state index < -0.39 is 0 Å². The lowest BCUT2D eigenvalue weighted by molar-refractivity contribution is 0.693. The van der Waals surface area contributed by atoms with Crippen LogP contribution in [0.5, 0.6) is 0 Å². The summed E-state index contributed by atoms with van der Waals surface area (Å²) in [6.45, 7) is 4.30. The van der Waals surface area contributed by atoms with Crippen molar-refractivity contribution >= 4 is 11.3 Å². The molecule has 1 heterocycles. The fourth-order valence-electron chi connectivity index (χ4n) is 2.14. The van der Waals surface area contributed by atoms with Gasteiger partial charge in [-0.2, -0.15) is 11.3 Å². The van der Waals surface area contributed by atoms with E-state index in [1.54, 1.807) is 11.3 Å². The van der Waals surface area contributed by atoms with Gasteiger partial charge in [-0.1, -0.05) is 29.3 Å². The zero-order valence-electron chi connectivity index (χ0n) is 9.95. The van der Waals surface area contributed by atoms with Gasteiger partial charge in [-0.15, -0.1) is 0 Å². The summed E-state index contributed by atoms with van der Waals surface area (Å²) in [5, 5.41) is 7.72. The predicted octanol–water partition coefficient (Wildman–Crippen LogP) is 3.67. The minimum absolute atomic E-state index is 0.310. The van der Waals surface area contributed by atoms with Gasteiger partial charge in [0.25, 0.3) is 0 Å². The monoisotopic (exact) mass is 231 g/mol. The highest BCUT2D eigenvalue weighted by Gasteiger charge is 2.12. The molecular formula is C14H17NS. The molecule has 2 aromatic rings. The number of benzene rings is 1. The molecule has 0 fully saturated rings. The predicted molar refractivity (Wildman–Crippen MR) is 71.1 cm³/mol. The van der Waals surface area contributed by atoms with Crippen LogP contribution in [0.3, 0.4) is 0 Å². The standard InChI is InChI=1S/C14H17NS/c1-10-6-11(2)8-13(7-10)14(15-3)12-4-5-16-9-12/h4-9,14-15H,1-3H3. The zero-order valence-corrected chi connectivity index (χ0v) is 10.8. The molecule has 0 saturated heterocycles. The fourth-order valence-corrected chi connectivity index (χ4v) is 2.83. The van der Waals surface area contributed by atoms with Crippen LogP contribution in [-0.4, -0.2) is 7.05 Å². The van der Waals surface area contributed by atoms with Crippen molar-refractivity contribution in [3.05, 3.63) is 57.3 Å². The van der Waals surface area contributed by atoms with Crippen LogP contribution in [0.2, 0.25) is 0 Å². The Morgan fingerprint density at radius 3 is 2.25 bits per heavy atom. The average Bonchev–Trinajstić information content (AvgIpc) is 2.70. The van der Waals surface area contributed by atoms with Gasteiger partial charge in [-0.3, -0.25) is 0 Å². The van der Waals surface area contributed by atoms with Crippen molar-refractivity contribution in [2.24, 2.45) is 0 Å². The van der Waals surface area contributed by atoms with Gasteiger partial charge in [0.1, 0.15) is 0 Å². The minimum Gasteiger partial charge on any atom is -0.309 e. The first-order valence-electron chi connectivity index (χ1n) is 5.48. The zero-order chi connectivity index (χ0) is 11.5. The Balaban J connectivity index is 2.41. The van der Waals surface area contributed by atoms with Crippen LogP contribution in [0.15, 0.2) is 35.0 Å². The van der Waals surface area contributed by atoms with Crippen LogP contribution >= 0.6 is 11.3 Å². The molecular weight excluding hydrogens is 214 g/mol. The Hall–Kier alpha value is -1.12. The van der Waals surface area contributed by atoms with Gasteiger partial charge in [0.05, 0.1) is 6.04 Å². The van der Waals surface area contributed by atoms with Gasteiger partial charge in [-0.25, -0.2) is 0 Å². The number of thiophene rings is 1. The second kappa shape index (κ2) is 4.81. The van der Waals surface area contributed by atoms with Crippen molar-refractivity contribution in [1.82, 2.24) is 5.32 Å². The Labute approximate surface area is 101 Å². The molecule has 1 unspecified atom stereocenters. The van der Waals surface area contributed by atoms with Crippen LogP contribution in [0, 0.1) is 13.8 Å². The first-order chi connectivity index (χ1) is 7.70. The van der Waals surface area contributed by atoms with Crippen LogP contribution < -0.4 is 5.32 Å². The molecule has 0 spiro atoms. The van der Waals surface area contributed by atoms with Crippen LogP contribution in [-0.2, 0) is 0 Å². The van der Waals surface area contributed by atoms with E-state index in [0.717, 1.165) is 0 Å². The Kier molecular flexibility index (Phi) is 3.42. The van der Waals surface area contributed by atoms with Crippen LogP contribution in [0.4, 0.5) is 0 Å². The molecule has 84 valence electrons. The molecule has 0 aliphatic carbocycles. The highest BCUT2D eigenvalue weighted by Crippen LogP contribution is 2.25. The lowest BCUT2D eigenvalue weighted by Crippen LogP contribution is -2.17. The maximum atomic E-state index is 3.38. The van der Waals surface area contributed by atoms with Crippen molar-refractivity contribution in [2.45, 2.75) is 19.9 Å². The summed E-state index contributed by atoms with van der Waals surface area (Å²) >= 11 is 1.75. The largest absolute Gasteiger partial charge is 0.309 e. The van der Waals surface area contributed by atoms with Crippen molar-refractivity contribution in [1.29, 1.82) is 0 Å². The highest BCUT2D eigenvalue weighted by molar-refractivity contribution is 7.08. The molecule has 0 bridgehead atoms. The summed E-state index contributed by atoms with van der Waals surface area (Å²) in [5.74, 6) is 0. The number of aryl methyl sites for hydroxylation is 2. The molecule has 16 heavy (non-hydrogen) atoms. The SMILES string of the molecule is CNC(c1ccsc1)c1cc(C)cc(C)c1. The molecule has 0 amide bonds. The van der Waals surface area contributed by atoms with Crippen molar-refractivity contribution in [3.8, 4) is 0 Å². The second-order valence-corrected chi connectivity index (χ2v) is 4.98. The summed E-state index contributed by atoms with van der Waals surface area (Å²) in [6.07, 6.45) is 0. The van der Waals surface area contributed by atoms with E-state index >= 15 is 0 Å². The van der Waals surface area contributed by atoms with E-state index in [4.69, 9.17) is 0 Å². The molecule has 1 nitrogen and oxygen atoms in total. The third-order valence-corrected chi connectivity index (χ3v) is 3.44. The van der Waals surface area contributed by atoms with Gasteiger partial charge in [0.2, 0.25) is 0 Å². The Morgan fingerprint density at radius 2 is 1.75 bits per heavy atom. The molecule has 0 radical (unpaired) electrons. The first kappa shape index (κ1) is 11.4. The normalized spacial score (nSPS) is 12.7. The third kappa shape index (κ3) is 2.34. The third-order valence-electron chi connectivity index (χ3n) is 2.74. The first-order valence-corrected chi connectivity index (χ1v) is 6.42. The molecule has 1 atom stereocenters. The van der Waals surface area contributed by atoms with E-state index in [1.165, 1.54) is 22.3 Å². The summed E-state index contributed by atoms with van der Waals surface area (Å²) in [5.41, 5.74) is 5.34. The molecule has 1 aromatic heterocycles. The van der Waals surface area contributed by atoms with Gasteiger partial charge in [0, 0.05) is 0 Å². The van der Waals surface area contributed by atoms with Crippen LogP contribution in [0.1, 0.15) is 28.3 Å². The quantitative estimate of drug-likeness (QED) is 0.850. The maximum Gasteiger partial charge on any atom is 0.0582 e. The number of hydrogen-bond donors (Lipinski definition) is 1. The van der Waals surface area contributed by atoms with E-state index in [-0.39, 0.29) is 0 Å². The van der Waals surface area contributed by atoms with E-state index in [2.05, 4.69) is 54.2 Å². The summed E-state index contributed by atoms with van der Waals surface area (Å²) < 4.78 is 0. The van der Waals surface area contributed by atoms with E-state index in [0.29, 0.717) is 6.04 Å². The molecule has 1 aromatic carbocycles. The smallest absolute Gasteiger partial charge is 0.0582 e. The average molecular weight is 231 g/mol. The molecule has 1 N–H and O–H groups in total. The molecule has 0 aliphatic heterocycles. The maximum absolute atomic E-state index is 3.38. The minimum atomic E-state index is 0.310. The summed E-state index contributed by atoms with van der Waals surface area (Å²) in [7, 11) is 2.01. The van der Waals surface area contributed by atoms with Crippen molar-refractivity contribution in [2.75, 3.05) is 7.05 Å². The Bertz CT molecular complexity index is 439. The van der Waals surface area contributed by atoms with Crippen molar-refractivity contribution < 1.29 is 0 Å². The molecule has 2 heteroatoms.